The highest BCUT2D eigenvalue weighted by Crippen LogP contribution is 2.28. The van der Waals surface area contributed by atoms with E-state index >= 15 is 0 Å². The summed E-state index contributed by atoms with van der Waals surface area (Å²) in [5.41, 5.74) is 2.84. The molecule has 1 aliphatic rings. The molecule has 8 nitrogen and oxygen atoms in total. The average Bonchev–Trinajstić information content (AvgIpc) is 3.44. The van der Waals surface area contributed by atoms with Crippen LogP contribution in [0.25, 0.3) is 21.9 Å². The number of hydrogen-bond acceptors (Lipinski definition) is 8. The van der Waals surface area contributed by atoms with Crippen molar-refractivity contribution in [1.82, 2.24) is 23.4 Å². The summed E-state index contributed by atoms with van der Waals surface area (Å²) in [6, 6.07) is 11.0. The molecule has 0 saturated carbocycles. The summed E-state index contributed by atoms with van der Waals surface area (Å²) in [6.45, 7) is 3.91. The Hall–Kier alpha value is -2.69. The number of benzene rings is 2. The third kappa shape index (κ3) is 3.40. The van der Waals surface area contributed by atoms with Gasteiger partial charge in [-0.15, -0.1) is 0 Å². The second-order valence-electron chi connectivity index (χ2n) is 7.34. The third-order valence-corrected chi connectivity index (χ3v) is 7.29. The summed E-state index contributed by atoms with van der Waals surface area (Å²) in [6.07, 6.45) is 2.26. The van der Waals surface area contributed by atoms with Crippen LogP contribution in [0, 0.1) is 6.92 Å². The van der Waals surface area contributed by atoms with Gasteiger partial charge in [-0.1, -0.05) is 18.2 Å². The molecule has 4 aromatic rings. The van der Waals surface area contributed by atoms with Crippen LogP contribution in [0.5, 0.6) is 0 Å². The van der Waals surface area contributed by atoms with Crippen LogP contribution in [0.1, 0.15) is 24.2 Å². The highest BCUT2D eigenvalue weighted by Gasteiger charge is 2.22. The van der Waals surface area contributed by atoms with E-state index in [1.54, 1.807) is 12.1 Å². The van der Waals surface area contributed by atoms with Crippen LogP contribution in [-0.2, 0) is 16.6 Å². The number of aromatic nitrogens is 4. The molecule has 154 valence electrons. The first-order chi connectivity index (χ1) is 14.5. The maximum absolute atomic E-state index is 12.9. The topological polar surface area (TPSA) is 101 Å². The van der Waals surface area contributed by atoms with E-state index in [9.17, 15) is 8.42 Å². The number of hydrogen-bond donors (Lipinski definition) is 1. The largest absolute Gasteiger partial charge is 0.356 e. The average molecular weight is 441 g/mol. The fourth-order valence-electron chi connectivity index (χ4n) is 3.81. The minimum Gasteiger partial charge on any atom is -0.356 e. The second kappa shape index (κ2) is 7.53. The van der Waals surface area contributed by atoms with Gasteiger partial charge in [-0.3, -0.25) is 0 Å². The van der Waals surface area contributed by atoms with Crippen molar-refractivity contribution >= 4 is 49.5 Å². The predicted molar refractivity (Wildman–Crippen MR) is 117 cm³/mol. The molecule has 5 rings (SSSR count). The van der Waals surface area contributed by atoms with Crippen LogP contribution in [0.15, 0.2) is 41.3 Å². The van der Waals surface area contributed by atoms with Gasteiger partial charge in [0, 0.05) is 18.5 Å². The number of nitrogens with one attached hydrogen (secondary N) is 1. The Labute approximate surface area is 178 Å². The molecule has 1 N–H and O–H groups in total. The summed E-state index contributed by atoms with van der Waals surface area (Å²) in [7, 11) is -3.79. The van der Waals surface area contributed by atoms with Crippen molar-refractivity contribution in [2.24, 2.45) is 0 Å². The van der Waals surface area contributed by atoms with Crippen LogP contribution in [-0.4, -0.2) is 40.2 Å². The molecule has 2 aromatic carbocycles. The lowest BCUT2D eigenvalue weighted by molar-refractivity contribution is 0.580. The van der Waals surface area contributed by atoms with E-state index in [-0.39, 0.29) is 11.4 Å². The molecule has 30 heavy (non-hydrogen) atoms. The molecule has 1 aliphatic heterocycles. The summed E-state index contributed by atoms with van der Waals surface area (Å²) >= 11 is 0.994. The van der Waals surface area contributed by atoms with Crippen LogP contribution in [0.4, 0.5) is 5.82 Å². The van der Waals surface area contributed by atoms with E-state index in [0.29, 0.717) is 16.9 Å². The van der Waals surface area contributed by atoms with E-state index < -0.39 is 10.0 Å². The number of rotatable bonds is 5. The van der Waals surface area contributed by atoms with Gasteiger partial charge in [0.05, 0.1) is 23.8 Å². The van der Waals surface area contributed by atoms with Crippen molar-refractivity contribution in [3.05, 3.63) is 47.8 Å². The number of aryl methyl sites for hydroxylation is 1. The molecule has 3 heterocycles. The second-order valence-corrected chi connectivity index (χ2v) is 9.61. The molecule has 1 saturated heterocycles. The van der Waals surface area contributed by atoms with Crippen molar-refractivity contribution in [3.8, 4) is 0 Å². The van der Waals surface area contributed by atoms with Crippen LogP contribution in [0.2, 0.25) is 0 Å². The Kier molecular flexibility index (Phi) is 4.84. The quantitative estimate of drug-likeness (QED) is 0.509. The molecule has 10 heteroatoms. The minimum atomic E-state index is -3.79. The summed E-state index contributed by atoms with van der Waals surface area (Å²) in [4.78, 5) is 11.8. The number of sulfonamides is 1. The molecule has 0 aliphatic carbocycles. The molecule has 0 spiro atoms. The molecular formula is C20H20N6O2S2. The Bertz CT molecular complexity index is 1350. The van der Waals surface area contributed by atoms with Crippen molar-refractivity contribution in [2.75, 3.05) is 18.0 Å². The first-order valence-corrected chi connectivity index (χ1v) is 12.0. The fraction of sp³-hybridized carbons (Fsp3) is 0.300. The van der Waals surface area contributed by atoms with E-state index in [1.807, 2.05) is 25.1 Å². The number of anilines is 1. The SMILES string of the molecule is Cc1cccc2c(N3CCCC3)nc(CNS(=O)(=O)c3cccc4nsnc34)nc12. The number of para-hydroxylation sites is 1. The fourth-order valence-corrected chi connectivity index (χ4v) is 5.55. The monoisotopic (exact) mass is 440 g/mol. The van der Waals surface area contributed by atoms with Gasteiger partial charge in [-0.2, -0.15) is 8.75 Å². The van der Waals surface area contributed by atoms with Gasteiger partial charge >= 0.3 is 0 Å². The smallest absolute Gasteiger partial charge is 0.243 e. The molecule has 0 radical (unpaired) electrons. The minimum absolute atomic E-state index is 0.00139. The van der Waals surface area contributed by atoms with Gasteiger partial charge in [0.25, 0.3) is 0 Å². The molecule has 0 amide bonds. The highest BCUT2D eigenvalue weighted by atomic mass is 32.2. The maximum atomic E-state index is 12.9. The van der Waals surface area contributed by atoms with Gasteiger partial charge in [-0.25, -0.2) is 23.1 Å². The lowest BCUT2D eigenvalue weighted by Gasteiger charge is -2.20. The third-order valence-electron chi connectivity index (χ3n) is 5.32. The molecule has 0 unspecified atom stereocenters. The van der Waals surface area contributed by atoms with Crippen molar-refractivity contribution in [3.63, 3.8) is 0 Å². The Morgan fingerprint density at radius 3 is 2.67 bits per heavy atom. The van der Waals surface area contributed by atoms with Gasteiger partial charge in [0.15, 0.2) is 0 Å². The number of fused-ring (bicyclic) bond motifs is 2. The normalized spacial score (nSPS) is 14.8. The standard InChI is InChI=1S/C20H20N6O2S2/c1-13-6-4-7-14-18(13)22-17(23-20(14)26-10-2-3-11-26)12-21-30(27,28)16-9-5-8-15-19(16)25-29-24-15/h4-9,21H,2-3,10-12H2,1H3. The number of nitrogens with zero attached hydrogens (tertiary/aromatic N) is 5. The molecule has 2 aromatic heterocycles. The van der Waals surface area contributed by atoms with Gasteiger partial charge < -0.3 is 4.90 Å². The Morgan fingerprint density at radius 2 is 1.83 bits per heavy atom. The van der Waals surface area contributed by atoms with Crippen molar-refractivity contribution in [1.29, 1.82) is 0 Å². The van der Waals surface area contributed by atoms with Crippen LogP contribution < -0.4 is 9.62 Å². The van der Waals surface area contributed by atoms with E-state index in [0.717, 1.165) is 59.9 Å². The van der Waals surface area contributed by atoms with Crippen LogP contribution >= 0.6 is 11.7 Å². The zero-order valence-corrected chi connectivity index (χ0v) is 18.0. The highest BCUT2D eigenvalue weighted by molar-refractivity contribution is 7.89. The zero-order chi connectivity index (χ0) is 20.7. The maximum Gasteiger partial charge on any atom is 0.243 e. The first kappa shape index (κ1) is 19.3. The lowest BCUT2D eigenvalue weighted by atomic mass is 10.1. The van der Waals surface area contributed by atoms with Crippen molar-refractivity contribution in [2.45, 2.75) is 31.2 Å². The van der Waals surface area contributed by atoms with E-state index in [1.165, 1.54) is 6.07 Å². The summed E-state index contributed by atoms with van der Waals surface area (Å²) in [5, 5.41) is 1.00. The van der Waals surface area contributed by atoms with E-state index in [2.05, 4.69) is 23.4 Å². The van der Waals surface area contributed by atoms with Gasteiger partial charge in [-0.05, 0) is 43.5 Å². The summed E-state index contributed by atoms with van der Waals surface area (Å²) < 4.78 is 36.8. The Morgan fingerprint density at radius 1 is 1.03 bits per heavy atom. The first-order valence-electron chi connectivity index (χ1n) is 9.75. The lowest BCUT2D eigenvalue weighted by Crippen LogP contribution is -2.26. The molecular weight excluding hydrogens is 420 g/mol. The van der Waals surface area contributed by atoms with E-state index in [4.69, 9.17) is 4.98 Å². The molecule has 0 atom stereocenters. The van der Waals surface area contributed by atoms with Crippen LogP contribution in [0.3, 0.4) is 0 Å². The Balaban J connectivity index is 1.51. The van der Waals surface area contributed by atoms with Gasteiger partial charge in [0.1, 0.15) is 27.6 Å². The molecule has 0 bridgehead atoms. The zero-order valence-electron chi connectivity index (χ0n) is 16.4. The summed E-state index contributed by atoms with van der Waals surface area (Å²) in [5.74, 6) is 1.33. The van der Waals surface area contributed by atoms with Crippen molar-refractivity contribution < 1.29 is 8.42 Å². The molecule has 1 fully saturated rings. The predicted octanol–water partition coefficient (Wildman–Crippen LogP) is 3.02. The van der Waals surface area contributed by atoms with Gasteiger partial charge in [0.2, 0.25) is 10.0 Å².